The highest BCUT2D eigenvalue weighted by atomic mass is 28.4. The Morgan fingerprint density at radius 1 is 1.12 bits per heavy atom. The molecule has 1 aromatic carbocycles. The summed E-state index contributed by atoms with van der Waals surface area (Å²) >= 11 is 0. The molecule has 0 radical (unpaired) electrons. The van der Waals surface area contributed by atoms with Gasteiger partial charge in [0.2, 0.25) is 5.95 Å². The zero-order valence-corrected chi connectivity index (χ0v) is 16.5. The first-order valence-electron chi connectivity index (χ1n) is 8.72. The Balaban J connectivity index is 2.04. The lowest BCUT2D eigenvalue weighted by Gasteiger charge is -2.38. The van der Waals surface area contributed by atoms with Gasteiger partial charge < -0.3 is 4.43 Å². The monoisotopic (exact) mass is 361 g/mol. The van der Waals surface area contributed by atoms with Crippen molar-refractivity contribution in [1.82, 2.24) is 4.98 Å². The zero-order valence-electron chi connectivity index (χ0n) is 15.5. The molecule has 0 aliphatic heterocycles. The summed E-state index contributed by atoms with van der Waals surface area (Å²) in [6.45, 7) is 10.9. The molecule has 134 valence electrons. The van der Waals surface area contributed by atoms with Crippen LogP contribution in [-0.2, 0) is 10.8 Å². The third kappa shape index (κ3) is 3.27. The van der Waals surface area contributed by atoms with Crippen LogP contribution in [0.5, 0.6) is 0 Å². The number of aromatic nitrogens is 1. The fourth-order valence-corrected chi connectivity index (χ4v) is 4.46. The number of rotatable bonds is 3. The maximum absolute atomic E-state index is 14.6. The first kappa shape index (κ1) is 18.2. The van der Waals surface area contributed by atoms with Gasteiger partial charge in [-0.1, -0.05) is 26.8 Å². The van der Waals surface area contributed by atoms with Crippen molar-refractivity contribution < 1.29 is 13.2 Å². The van der Waals surface area contributed by atoms with E-state index in [1.54, 1.807) is 18.2 Å². The highest BCUT2D eigenvalue weighted by molar-refractivity contribution is 6.74. The third-order valence-corrected chi connectivity index (χ3v) is 10.1. The van der Waals surface area contributed by atoms with Gasteiger partial charge in [-0.3, -0.25) is 0 Å². The average molecular weight is 362 g/mol. The van der Waals surface area contributed by atoms with Crippen LogP contribution in [0.4, 0.5) is 8.78 Å². The van der Waals surface area contributed by atoms with E-state index in [0.717, 1.165) is 17.5 Å². The number of nitrogens with zero attached hydrogens (tertiary/aromatic N) is 1. The number of benzene rings is 1. The summed E-state index contributed by atoms with van der Waals surface area (Å²) in [6.07, 6.45) is 2.59. The Kier molecular flexibility index (Phi) is 4.58. The topological polar surface area (TPSA) is 22.1 Å². The lowest BCUT2D eigenvalue weighted by atomic mass is 9.97. The SMILES string of the molecule is CC(C)(C)[Si](C)(C)O[C@H]1CCc2c(-c3cccnc3F)ccc(F)c21. The van der Waals surface area contributed by atoms with Crippen molar-refractivity contribution in [3.8, 4) is 11.1 Å². The van der Waals surface area contributed by atoms with Gasteiger partial charge in [-0.25, -0.2) is 9.37 Å². The summed E-state index contributed by atoms with van der Waals surface area (Å²) in [5.41, 5.74) is 2.61. The van der Waals surface area contributed by atoms with Gasteiger partial charge >= 0.3 is 0 Å². The summed E-state index contributed by atoms with van der Waals surface area (Å²) in [7, 11) is -2.02. The van der Waals surface area contributed by atoms with Gasteiger partial charge in [0.1, 0.15) is 5.82 Å². The molecule has 25 heavy (non-hydrogen) atoms. The molecule has 0 unspecified atom stereocenters. The lowest BCUT2D eigenvalue weighted by Crippen LogP contribution is -2.41. The first-order valence-corrected chi connectivity index (χ1v) is 11.6. The molecule has 1 heterocycles. The second kappa shape index (κ2) is 6.29. The van der Waals surface area contributed by atoms with E-state index in [1.165, 1.54) is 12.3 Å². The molecule has 1 atom stereocenters. The third-order valence-electron chi connectivity index (χ3n) is 5.57. The second-order valence-electron chi connectivity index (χ2n) is 8.23. The summed E-state index contributed by atoms with van der Waals surface area (Å²) < 4.78 is 35.3. The molecule has 3 rings (SSSR count). The standard InChI is InChI=1S/C20H25F2NOSi/c1-20(2,3)25(4,5)24-17-11-9-14-13(8-10-16(21)18(14)17)15-7-6-12-23-19(15)22/h6-8,10,12,17H,9,11H2,1-5H3/t17-/m0/s1. The van der Waals surface area contributed by atoms with Gasteiger partial charge in [0.15, 0.2) is 8.32 Å². The predicted molar refractivity (Wildman–Crippen MR) is 98.9 cm³/mol. The van der Waals surface area contributed by atoms with Crippen molar-refractivity contribution in [2.75, 3.05) is 0 Å². The lowest BCUT2D eigenvalue weighted by molar-refractivity contribution is 0.181. The summed E-state index contributed by atoms with van der Waals surface area (Å²) in [4.78, 5) is 3.73. The molecule has 5 heteroatoms. The van der Waals surface area contributed by atoms with Crippen molar-refractivity contribution in [3.63, 3.8) is 0 Å². The van der Waals surface area contributed by atoms with Crippen molar-refractivity contribution in [2.24, 2.45) is 0 Å². The molecular weight excluding hydrogens is 336 g/mol. The minimum atomic E-state index is -2.02. The van der Waals surface area contributed by atoms with Crippen molar-refractivity contribution >= 4 is 8.32 Å². The van der Waals surface area contributed by atoms with Gasteiger partial charge in [-0.15, -0.1) is 0 Å². The van der Waals surface area contributed by atoms with E-state index in [2.05, 4.69) is 38.8 Å². The molecule has 2 aromatic rings. The summed E-state index contributed by atoms with van der Waals surface area (Å²) in [5.74, 6) is -0.783. The quantitative estimate of drug-likeness (QED) is 0.491. The maximum atomic E-state index is 14.6. The molecule has 0 spiro atoms. The van der Waals surface area contributed by atoms with Crippen LogP contribution in [0.1, 0.15) is 44.4 Å². The zero-order chi connectivity index (χ0) is 18.4. The minimum absolute atomic E-state index is 0.0549. The first-order chi connectivity index (χ1) is 11.6. The minimum Gasteiger partial charge on any atom is -0.410 e. The number of hydrogen-bond donors (Lipinski definition) is 0. The average Bonchev–Trinajstić information content (AvgIpc) is 2.92. The molecule has 0 bridgehead atoms. The summed E-state index contributed by atoms with van der Waals surface area (Å²) in [6, 6.07) is 6.47. The van der Waals surface area contributed by atoms with E-state index < -0.39 is 14.3 Å². The predicted octanol–water partition coefficient (Wildman–Crippen LogP) is 6.04. The molecule has 1 aromatic heterocycles. The highest BCUT2D eigenvalue weighted by Gasteiger charge is 2.41. The Bertz CT molecular complexity index is 799. The van der Waals surface area contributed by atoms with Crippen LogP contribution < -0.4 is 0 Å². The second-order valence-corrected chi connectivity index (χ2v) is 13.0. The van der Waals surface area contributed by atoms with Crippen LogP contribution in [0.15, 0.2) is 30.5 Å². The maximum Gasteiger partial charge on any atom is 0.220 e. The van der Waals surface area contributed by atoms with Gasteiger partial charge in [0.05, 0.1) is 6.10 Å². The molecule has 0 N–H and O–H groups in total. The molecule has 1 aliphatic carbocycles. The molecule has 2 nitrogen and oxygen atoms in total. The van der Waals surface area contributed by atoms with E-state index in [0.29, 0.717) is 17.5 Å². The Morgan fingerprint density at radius 3 is 2.48 bits per heavy atom. The van der Waals surface area contributed by atoms with E-state index in [4.69, 9.17) is 4.43 Å². The Labute approximate surface area is 149 Å². The van der Waals surface area contributed by atoms with E-state index >= 15 is 0 Å². The van der Waals surface area contributed by atoms with Crippen LogP contribution in [0, 0.1) is 11.8 Å². The van der Waals surface area contributed by atoms with E-state index in [9.17, 15) is 8.78 Å². The molecule has 0 amide bonds. The molecule has 1 aliphatic rings. The number of pyridine rings is 1. The number of hydrogen-bond acceptors (Lipinski definition) is 2. The Hall–Kier alpha value is -1.59. The van der Waals surface area contributed by atoms with Crippen LogP contribution in [-0.4, -0.2) is 13.3 Å². The van der Waals surface area contributed by atoms with Crippen LogP contribution in [0.25, 0.3) is 11.1 Å². The fraction of sp³-hybridized carbons (Fsp3) is 0.450. The van der Waals surface area contributed by atoms with E-state index in [1.807, 2.05) is 0 Å². The van der Waals surface area contributed by atoms with Crippen LogP contribution in [0.2, 0.25) is 18.1 Å². The molecule has 0 saturated heterocycles. The number of halogens is 2. The van der Waals surface area contributed by atoms with Gasteiger partial charge in [-0.2, -0.15) is 4.39 Å². The molecule has 0 fully saturated rings. The smallest absolute Gasteiger partial charge is 0.220 e. The van der Waals surface area contributed by atoms with Crippen LogP contribution in [0.3, 0.4) is 0 Å². The molecular formula is C20H25F2NOSi. The van der Waals surface area contributed by atoms with Crippen molar-refractivity contribution in [1.29, 1.82) is 0 Å². The largest absolute Gasteiger partial charge is 0.410 e. The molecule has 0 saturated carbocycles. The highest BCUT2D eigenvalue weighted by Crippen LogP contribution is 2.46. The van der Waals surface area contributed by atoms with Crippen LogP contribution >= 0.6 is 0 Å². The van der Waals surface area contributed by atoms with Crippen molar-refractivity contribution in [2.45, 2.75) is 57.8 Å². The van der Waals surface area contributed by atoms with Gasteiger partial charge in [-0.05, 0) is 60.3 Å². The normalized spacial score (nSPS) is 17.6. The Morgan fingerprint density at radius 2 is 1.84 bits per heavy atom. The van der Waals surface area contributed by atoms with E-state index in [-0.39, 0.29) is 17.0 Å². The number of fused-ring (bicyclic) bond motifs is 1. The fourth-order valence-electron chi connectivity index (χ4n) is 3.16. The van der Waals surface area contributed by atoms with Crippen molar-refractivity contribution in [3.05, 3.63) is 53.4 Å². The van der Waals surface area contributed by atoms with Gasteiger partial charge in [0.25, 0.3) is 0 Å². The summed E-state index contributed by atoms with van der Waals surface area (Å²) in [5, 5.41) is 0.0549. The van der Waals surface area contributed by atoms with Gasteiger partial charge in [0, 0.05) is 17.3 Å².